The highest BCUT2D eigenvalue weighted by Crippen LogP contribution is 2.18. The van der Waals surface area contributed by atoms with Crippen molar-refractivity contribution in [3.05, 3.63) is 59.7 Å². The first-order chi connectivity index (χ1) is 10.7. The molecule has 0 aromatic heterocycles. The van der Waals surface area contributed by atoms with Gasteiger partial charge in [-0.3, -0.25) is 0 Å². The maximum absolute atomic E-state index is 8.51. The van der Waals surface area contributed by atoms with E-state index in [0.717, 1.165) is 17.1 Å². The van der Waals surface area contributed by atoms with Gasteiger partial charge in [0.05, 0.1) is 6.21 Å². The van der Waals surface area contributed by atoms with E-state index in [2.05, 4.69) is 31.1 Å². The van der Waals surface area contributed by atoms with Crippen LogP contribution in [0.1, 0.15) is 30.9 Å². The molecule has 2 aromatic carbocycles. The Kier molecular flexibility index (Phi) is 5.83. The maximum atomic E-state index is 8.51. The molecule has 0 amide bonds. The van der Waals surface area contributed by atoms with E-state index in [-0.39, 0.29) is 0 Å². The molecule has 1 N–H and O–H groups in total. The average Bonchev–Trinajstić information content (AvgIpc) is 2.53. The van der Waals surface area contributed by atoms with E-state index in [1.807, 2.05) is 30.3 Å². The second-order valence-electron chi connectivity index (χ2n) is 5.24. The third-order valence-corrected chi connectivity index (χ3v) is 3.23. The van der Waals surface area contributed by atoms with Crippen LogP contribution >= 0.6 is 0 Å². The highest BCUT2D eigenvalue weighted by molar-refractivity contribution is 5.79. The largest absolute Gasteiger partial charge is 0.490 e. The SMILES string of the molecule is CC(C)c1ccc(OCCOc2cccc(C=NO)c2)cc1. The Morgan fingerprint density at radius 2 is 1.68 bits per heavy atom. The van der Waals surface area contributed by atoms with Gasteiger partial charge in [0.25, 0.3) is 0 Å². The number of ether oxygens (including phenoxy) is 2. The van der Waals surface area contributed by atoms with Crippen molar-refractivity contribution in [1.29, 1.82) is 0 Å². The quantitative estimate of drug-likeness (QED) is 0.363. The standard InChI is InChI=1S/C18H21NO3/c1-14(2)16-6-8-17(9-7-16)21-10-11-22-18-5-3-4-15(12-18)13-19-20/h3-9,12-14,20H,10-11H2,1-2H3. The highest BCUT2D eigenvalue weighted by Gasteiger charge is 2.00. The van der Waals surface area contributed by atoms with Gasteiger partial charge in [-0.1, -0.05) is 43.3 Å². The van der Waals surface area contributed by atoms with Crippen molar-refractivity contribution in [3.63, 3.8) is 0 Å². The molecule has 0 spiro atoms. The molecule has 0 bridgehead atoms. The summed E-state index contributed by atoms with van der Waals surface area (Å²) in [5.74, 6) is 2.08. The molecule has 2 aromatic rings. The molecule has 4 heteroatoms. The monoisotopic (exact) mass is 299 g/mol. The van der Waals surface area contributed by atoms with Crippen molar-refractivity contribution >= 4 is 6.21 Å². The Hall–Kier alpha value is -2.49. The molecule has 0 aliphatic carbocycles. The van der Waals surface area contributed by atoms with Gasteiger partial charge in [-0.25, -0.2) is 0 Å². The van der Waals surface area contributed by atoms with E-state index in [1.165, 1.54) is 11.8 Å². The smallest absolute Gasteiger partial charge is 0.122 e. The van der Waals surface area contributed by atoms with Gasteiger partial charge in [-0.15, -0.1) is 0 Å². The summed E-state index contributed by atoms with van der Waals surface area (Å²) in [7, 11) is 0. The van der Waals surface area contributed by atoms with Gasteiger partial charge in [0, 0.05) is 0 Å². The van der Waals surface area contributed by atoms with Gasteiger partial charge in [0.2, 0.25) is 0 Å². The van der Waals surface area contributed by atoms with Crippen LogP contribution in [0, 0.1) is 0 Å². The highest BCUT2D eigenvalue weighted by atomic mass is 16.5. The van der Waals surface area contributed by atoms with Crippen molar-refractivity contribution < 1.29 is 14.7 Å². The molecule has 0 saturated carbocycles. The van der Waals surface area contributed by atoms with Crippen molar-refractivity contribution in [2.24, 2.45) is 5.16 Å². The molecule has 22 heavy (non-hydrogen) atoms. The minimum atomic E-state index is 0.450. The number of hydrogen-bond donors (Lipinski definition) is 1. The van der Waals surface area contributed by atoms with Crippen LogP contribution in [0.3, 0.4) is 0 Å². The van der Waals surface area contributed by atoms with Crippen LogP contribution in [0.25, 0.3) is 0 Å². The molecule has 2 rings (SSSR count). The predicted octanol–water partition coefficient (Wildman–Crippen LogP) is 4.08. The molecule has 0 fully saturated rings. The molecule has 0 aliphatic heterocycles. The molecular formula is C18H21NO3. The normalized spacial score (nSPS) is 11.0. The van der Waals surface area contributed by atoms with E-state index in [0.29, 0.717) is 19.1 Å². The fraction of sp³-hybridized carbons (Fsp3) is 0.278. The molecular weight excluding hydrogens is 278 g/mol. The van der Waals surface area contributed by atoms with Crippen LogP contribution in [0.2, 0.25) is 0 Å². The Labute approximate surface area is 131 Å². The first-order valence-electron chi connectivity index (χ1n) is 7.32. The van der Waals surface area contributed by atoms with Crippen molar-refractivity contribution in [2.75, 3.05) is 13.2 Å². The minimum Gasteiger partial charge on any atom is -0.490 e. The number of benzene rings is 2. The number of oxime groups is 1. The Morgan fingerprint density at radius 1 is 1.00 bits per heavy atom. The van der Waals surface area contributed by atoms with Crippen molar-refractivity contribution in [1.82, 2.24) is 0 Å². The molecule has 4 nitrogen and oxygen atoms in total. The molecule has 0 saturated heterocycles. The second kappa shape index (κ2) is 8.08. The maximum Gasteiger partial charge on any atom is 0.122 e. The third-order valence-electron chi connectivity index (χ3n) is 3.23. The number of nitrogens with zero attached hydrogens (tertiary/aromatic N) is 1. The van der Waals surface area contributed by atoms with Crippen LogP contribution in [0.5, 0.6) is 11.5 Å². The van der Waals surface area contributed by atoms with E-state index in [9.17, 15) is 0 Å². The van der Waals surface area contributed by atoms with Gasteiger partial charge >= 0.3 is 0 Å². The van der Waals surface area contributed by atoms with Gasteiger partial charge in [-0.05, 0) is 41.3 Å². The summed E-state index contributed by atoms with van der Waals surface area (Å²) in [4.78, 5) is 0. The van der Waals surface area contributed by atoms with Crippen LogP contribution in [-0.4, -0.2) is 24.6 Å². The third kappa shape index (κ3) is 4.81. The Morgan fingerprint density at radius 3 is 2.32 bits per heavy atom. The first kappa shape index (κ1) is 15.9. The second-order valence-corrected chi connectivity index (χ2v) is 5.24. The fourth-order valence-electron chi connectivity index (χ4n) is 2.02. The first-order valence-corrected chi connectivity index (χ1v) is 7.32. The van der Waals surface area contributed by atoms with Gasteiger partial charge < -0.3 is 14.7 Å². The average molecular weight is 299 g/mol. The van der Waals surface area contributed by atoms with Crippen LogP contribution in [0.4, 0.5) is 0 Å². The lowest BCUT2D eigenvalue weighted by Gasteiger charge is -2.10. The Balaban J connectivity index is 1.78. The van der Waals surface area contributed by atoms with E-state index >= 15 is 0 Å². The van der Waals surface area contributed by atoms with Crippen molar-refractivity contribution in [2.45, 2.75) is 19.8 Å². The lowest BCUT2D eigenvalue weighted by Crippen LogP contribution is -2.09. The summed E-state index contributed by atoms with van der Waals surface area (Å²) in [6.45, 7) is 5.25. The molecule has 0 unspecified atom stereocenters. The fourth-order valence-corrected chi connectivity index (χ4v) is 2.02. The summed E-state index contributed by atoms with van der Waals surface area (Å²) in [5.41, 5.74) is 2.08. The summed E-state index contributed by atoms with van der Waals surface area (Å²) >= 11 is 0. The zero-order valence-corrected chi connectivity index (χ0v) is 12.9. The van der Waals surface area contributed by atoms with Gasteiger partial charge in [0.15, 0.2) is 0 Å². The topological polar surface area (TPSA) is 51.0 Å². The lowest BCUT2D eigenvalue weighted by atomic mass is 10.0. The lowest BCUT2D eigenvalue weighted by molar-refractivity contribution is 0.217. The minimum absolute atomic E-state index is 0.450. The summed E-state index contributed by atoms with van der Waals surface area (Å²) in [6.07, 6.45) is 1.36. The zero-order valence-electron chi connectivity index (χ0n) is 12.9. The Bertz CT molecular complexity index is 606. The van der Waals surface area contributed by atoms with Crippen LogP contribution in [-0.2, 0) is 0 Å². The van der Waals surface area contributed by atoms with Crippen molar-refractivity contribution in [3.8, 4) is 11.5 Å². The van der Waals surface area contributed by atoms with E-state index < -0.39 is 0 Å². The molecule has 0 aliphatic rings. The van der Waals surface area contributed by atoms with Crippen LogP contribution < -0.4 is 9.47 Å². The van der Waals surface area contributed by atoms with Gasteiger partial charge in [0.1, 0.15) is 24.7 Å². The molecule has 116 valence electrons. The summed E-state index contributed by atoms with van der Waals surface area (Å²) in [6, 6.07) is 15.5. The van der Waals surface area contributed by atoms with E-state index in [4.69, 9.17) is 14.7 Å². The van der Waals surface area contributed by atoms with E-state index in [1.54, 1.807) is 6.07 Å². The predicted molar refractivity (Wildman–Crippen MR) is 87.3 cm³/mol. The molecule has 0 atom stereocenters. The van der Waals surface area contributed by atoms with Gasteiger partial charge in [-0.2, -0.15) is 0 Å². The molecule has 0 heterocycles. The zero-order chi connectivity index (χ0) is 15.8. The summed E-state index contributed by atoms with van der Waals surface area (Å²) < 4.78 is 11.3. The molecule has 0 radical (unpaired) electrons. The van der Waals surface area contributed by atoms with Crippen LogP contribution in [0.15, 0.2) is 53.7 Å². The summed E-state index contributed by atoms with van der Waals surface area (Å²) in [5, 5.41) is 11.5. The number of rotatable bonds is 7. The number of hydrogen-bond acceptors (Lipinski definition) is 4.